The van der Waals surface area contributed by atoms with Crippen molar-refractivity contribution in [2.24, 2.45) is 5.92 Å². The van der Waals surface area contributed by atoms with E-state index in [1.54, 1.807) is 36.4 Å². The van der Waals surface area contributed by atoms with E-state index in [0.29, 0.717) is 17.5 Å². The minimum Gasteiger partial charge on any atom is -0.508 e. The van der Waals surface area contributed by atoms with Gasteiger partial charge < -0.3 is 15.3 Å². The topological polar surface area (TPSA) is 104 Å². The molecule has 148 valence electrons. The Morgan fingerprint density at radius 1 is 1.11 bits per heavy atom. The molecule has 0 heterocycles. The molecule has 0 unspecified atom stereocenters. The number of phenolic OH excluding ortho intramolecular Hbond substituents is 1. The largest absolute Gasteiger partial charge is 0.508 e. The van der Waals surface area contributed by atoms with Gasteiger partial charge in [0, 0.05) is 30.5 Å². The van der Waals surface area contributed by atoms with Crippen LogP contribution >= 0.6 is 0 Å². The second-order valence-electron chi connectivity index (χ2n) is 6.91. The number of nitrogens with zero attached hydrogens (tertiary/aromatic N) is 1. The number of nitro benzene ring substituents is 1. The van der Waals surface area contributed by atoms with Crippen molar-refractivity contribution < 1.29 is 20.2 Å². The van der Waals surface area contributed by atoms with E-state index in [-0.39, 0.29) is 23.8 Å². The smallest absolute Gasteiger partial charge is 0.269 e. The molecule has 0 fully saturated rings. The molecule has 0 aliphatic heterocycles. The van der Waals surface area contributed by atoms with Gasteiger partial charge in [-0.25, -0.2) is 0 Å². The van der Waals surface area contributed by atoms with Crippen LogP contribution in [-0.2, 0) is 0 Å². The zero-order valence-electron chi connectivity index (χ0n) is 15.9. The predicted octanol–water partition coefficient (Wildman–Crippen LogP) is 4.59. The highest BCUT2D eigenvalue weighted by atomic mass is 16.6. The number of hydrogen-bond acceptors (Lipinski definition) is 5. The molecule has 28 heavy (non-hydrogen) atoms. The van der Waals surface area contributed by atoms with E-state index >= 15 is 0 Å². The molecule has 2 atom stereocenters. The Morgan fingerprint density at radius 2 is 1.75 bits per heavy atom. The average molecular weight is 383 g/mol. The lowest BCUT2D eigenvalue weighted by Gasteiger charge is -2.15. The van der Waals surface area contributed by atoms with Crippen LogP contribution in [0.5, 0.6) is 5.75 Å². The Bertz CT molecular complexity index is 867. The van der Waals surface area contributed by atoms with Gasteiger partial charge in [0.1, 0.15) is 5.75 Å². The van der Waals surface area contributed by atoms with Crippen molar-refractivity contribution in [3.63, 3.8) is 0 Å². The molecule has 0 bridgehead atoms. The summed E-state index contributed by atoms with van der Waals surface area (Å²) in [6.07, 6.45) is 0.665. The summed E-state index contributed by atoms with van der Waals surface area (Å²) < 4.78 is 0. The van der Waals surface area contributed by atoms with Crippen molar-refractivity contribution in [2.75, 3.05) is 0 Å². The molecule has 0 amide bonds. The number of rotatable bonds is 8. The number of non-ortho nitro benzene ring substituents is 1. The Labute approximate surface area is 164 Å². The molecular weight excluding hydrogens is 358 g/mol. The van der Waals surface area contributed by atoms with Crippen molar-refractivity contribution in [1.82, 2.24) is 0 Å². The van der Waals surface area contributed by atoms with Crippen molar-refractivity contribution in [3.8, 4) is 5.75 Å². The lowest BCUT2D eigenvalue weighted by molar-refractivity contribution is -0.384. The number of aromatic hydroxyl groups is 1. The van der Waals surface area contributed by atoms with Crippen LogP contribution in [0.15, 0.2) is 65.9 Å². The first-order chi connectivity index (χ1) is 13.3. The molecule has 2 aromatic rings. The van der Waals surface area contributed by atoms with Crippen LogP contribution in [0.3, 0.4) is 0 Å². The van der Waals surface area contributed by atoms with Gasteiger partial charge in [-0.3, -0.25) is 10.1 Å². The normalized spacial score (nSPS) is 12.9. The minimum atomic E-state index is -0.846. The number of para-hydroxylation sites is 1. The van der Waals surface area contributed by atoms with Crippen molar-refractivity contribution in [1.29, 1.82) is 0 Å². The fourth-order valence-corrected chi connectivity index (χ4v) is 2.80. The molecule has 6 heteroatoms. The summed E-state index contributed by atoms with van der Waals surface area (Å²) in [6.45, 7) is 3.97. The van der Waals surface area contributed by atoms with Gasteiger partial charge in [0.05, 0.1) is 17.1 Å². The van der Waals surface area contributed by atoms with Crippen LogP contribution in [0.1, 0.15) is 50.0 Å². The minimum absolute atomic E-state index is 0.0198. The summed E-state index contributed by atoms with van der Waals surface area (Å²) in [5, 5.41) is 41.2. The SMILES string of the molecule is CC(C)C(=C=CC[C@@H](O)c1ccccc1O)C[C@@H](O)c1ccc([N+](=O)[O-])cc1. The first-order valence-corrected chi connectivity index (χ1v) is 9.12. The van der Waals surface area contributed by atoms with E-state index in [0.717, 1.165) is 5.57 Å². The van der Waals surface area contributed by atoms with Gasteiger partial charge >= 0.3 is 0 Å². The molecule has 0 spiro atoms. The van der Waals surface area contributed by atoms with Crippen LogP contribution in [0.2, 0.25) is 0 Å². The summed E-state index contributed by atoms with van der Waals surface area (Å²) in [4.78, 5) is 10.3. The van der Waals surface area contributed by atoms with Gasteiger partial charge in [0.25, 0.3) is 5.69 Å². The molecule has 0 aromatic heterocycles. The second-order valence-corrected chi connectivity index (χ2v) is 6.91. The third-order valence-corrected chi connectivity index (χ3v) is 4.52. The molecule has 6 nitrogen and oxygen atoms in total. The first-order valence-electron chi connectivity index (χ1n) is 9.12. The van der Waals surface area contributed by atoms with Gasteiger partial charge in [-0.15, -0.1) is 5.73 Å². The highest BCUT2D eigenvalue weighted by molar-refractivity contribution is 5.35. The number of nitro groups is 1. The van der Waals surface area contributed by atoms with Gasteiger partial charge in [-0.2, -0.15) is 0 Å². The maximum absolute atomic E-state index is 10.7. The third-order valence-electron chi connectivity index (χ3n) is 4.52. The highest BCUT2D eigenvalue weighted by Gasteiger charge is 2.15. The van der Waals surface area contributed by atoms with Crippen LogP contribution in [0, 0.1) is 16.0 Å². The Hall–Kier alpha value is -2.92. The zero-order chi connectivity index (χ0) is 20.7. The average Bonchev–Trinajstić information content (AvgIpc) is 2.67. The van der Waals surface area contributed by atoms with Crippen molar-refractivity contribution >= 4 is 5.69 Å². The molecular formula is C22H25NO5. The lowest BCUT2D eigenvalue weighted by atomic mass is 9.94. The van der Waals surface area contributed by atoms with Crippen LogP contribution < -0.4 is 0 Å². The second kappa shape index (κ2) is 9.85. The van der Waals surface area contributed by atoms with Crippen LogP contribution in [0.4, 0.5) is 5.69 Å². The predicted molar refractivity (Wildman–Crippen MR) is 107 cm³/mol. The van der Waals surface area contributed by atoms with Crippen molar-refractivity contribution in [3.05, 3.63) is 87.2 Å². The van der Waals surface area contributed by atoms with Gasteiger partial charge in [-0.05, 0) is 41.3 Å². The number of hydrogen-bond donors (Lipinski definition) is 3. The summed E-state index contributed by atoms with van der Waals surface area (Å²) in [7, 11) is 0. The molecule has 0 aliphatic rings. The summed E-state index contributed by atoms with van der Waals surface area (Å²) in [5.41, 5.74) is 5.06. The van der Waals surface area contributed by atoms with Crippen LogP contribution in [-0.4, -0.2) is 20.2 Å². The maximum Gasteiger partial charge on any atom is 0.269 e. The zero-order valence-corrected chi connectivity index (χ0v) is 15.9. The molecule has 0 saturated carbocycles. The summed E-state index contributed by atoms with van der Waals surface area (Å²) in [5.74, 6) is 0.177. The van der Waals surface area contributed by atoms with E-state index in [1.165, 1.54) is 18.2 Å². The van der Waals surface area contributed by atoms with Gasteiger partial charge in [-0.1, -0.05) is 32.0 Å². The molecule has 2 rings (SSSR count). The Kier molecular flexibility index (Phi) is 7.52. The first kappa shape index (κ1) is 21.4. The molecule has 3 N–H and O–H groups in total. The van der Waals surface area contributed by atoms with Gasteiger partial charge in [0.2, 0.25) is 0 Å². The Morgan fingerprint density at radius 3 is 2.32 bits per heavy atom. The van der Waals surface area contributed by atoms with E-state index in [1.807, 2.05) is 13.8 Å². The van der Waals surface area contributed by atoms with Gasteiger partial charge in [0.15, 0.2) is 0 Å². The number of benzene rings is 2. The van der Waals surface area contributed by atoms with Crippen LogP contribution in [0.25, 0.3) is 0 Å². The van der Waals surface area contributed by atoms with Crippen molar-refractivity contribution in [2.45, 2.75) is 38.9 Å². The molecule has 0 radical (unpaired) electrons. The Balaban J connectivity index is 2.10. The summed E-state index contributed by atoms with van der Waals surface area (Å²) >= 11 is 0. The van der Waals surface area contributed by atoms with E-state index in [9.17, 15) is 25.4 Å². The lowest BCUT2D eigenvalue weighted by Crippen LogP contribution is -2.03. The molecule has 2 aromatic carbocycles. The number of aliphatic hydroxyl groups excluding tert-OH is 2. The molecule has 0 aliphatic carbocycles. The number of aliphatic hydroxyl groups is 2. The number of phenols is 1. The monoisotopic (exact) mass is 383 g/mol. The maximum atomic E-state index is 10.7. The third kappa shape index (κ3) is 5.79. The fraction of sp³-hybridized carbons (Fsp3) is 0.318. The van der Waals surface area contributed by atoms with E-state index in [4.69, 9.17) is 0 Å². The summed E-state index contributed by atoms with van der Waals surface area (Å²) in [6, 6.07) is 12.5. The fourth-order valence-electron chi connectivity index (χ4n) is 2.80. The van der Waals surface area contributed by atoms with E-state index < -0.39 is 17.1 Å². The highest BCUT2D eigenvalue weighted by Crippen LogP contribution is 2.28. The quantitative estimate of drug-likeness (QED) is 0.351. The van der Waals surface area contributed by atoms with E-state index in [2.05, 4.69) is 5.73 Å². The molecule has 0 saturated heterocycles. The standard InChI is InChI=1S/C22H25NO5/c1-15(2)17(6-5-9-21(25)19-7-3-4-8-20(19)24)14-22(26)16-10-12-18(13-11-16)23(27)28/h3-5,7-8,10-13,15,21-22,24-26H,9,14H2,1-2H3/t6?,21-,22-/m1/s1.